The number of aliphatic hydroxyl groups excluding tert-OH is 1. The summed E-state index contributed by atoms with van der Waals surface area (Å²) in [6.45, 7) is 6.72. The Bertz CT molecular complexity index is 299. The van der Waals surface area contributed by atoms with Gasteiger partial charge in [-0.2, -0.15) is 0 Å². The van der Waals surface area contributed by atoms with Gasteiger partial charge in [0.2, 0.25) is 0 Å². The fourth-order valence-corrected chi connectivity index (χ4v) is 2.79. The molecule has 0 radical (unpaired) electrons. The van der Waals surface area contributed by atoms with Gasteiger partial charge >= 0.3 is 6.09 Å². The second-order valence-corrected chi connectivity index (χ2v) is 6.36. The monoisotopic (exact) mass is 257 g/mol. The van der Waals surface area contributed by atoms with E-state index in [1.165, 1.54) is 0 Å². The molecule has 104 valence electrons. The normalized spacial score (nSPS) is 36.0. The number of carbonyl (C=O) groups is 1. The number of hydrogen-bond acceptors (Lipinski definition) is 4. The minimum absolute atomic E-state index is 0.0853. The summed E-state index contributed by atoms with van der Waals surface area (Å²) in [5.41, 5.74) is -0.475. The maximum atomic E-state index is 11.7. The lowest BCUT2D eigenvalue weighted by atomic mass is 9.75. The van der Waals surface area contributed by atoms with Gasteiger partial charge in [0.05, 0.1) is 19.3 Å². The van der Waals surface area contributed by atoms with Crippen LogP contribution in [0, 0.1) is 11.8 Å². The Balaban J connectivity index is 1.86. The number of nitrogens with one attached hydrogen (secondary N) is 1. The van der Waals surface area contributed by atoms with Crippen LogP contribution in [0.1, 0.15) is 33.6 Å². The van der Waals surface area contributed by atoms with Crippen LogP contribution in [-0.4, -0.2) is 42.2 Å². The lowest BCUT2D eigenvalue weighted by Gasteiger charge is -2.43. The molecule has 2 fully saturated rings. The molecule has 0 aromatic rings. The number of fused-ring (bicyclic) bond motifs is 2. The highest BCUT2D eigenvalue weighted by Crippen LogP contribution is 2.33. The van der Waals surface area contributed by atoms with Gasteiger partial charge in [-0.15, -0.1) is 0 Å². The Morgan fingerprint density at radius 3 is 2.33 bits per heavy atom. The third-order valence-electron chi connectivity index (χ3n) is 3.53. The van der Waals surface area contributed by atoms with Gasteiger partial charge in [0, 0.05) is 17.9 Å². The Morgan fingerprint density at radius 1 is 1.28 bits per heavy atom. The van der Waals surface area contributed by atoms with Crippen molar-refractivity contribution in [1.82, 2.24) is 5.32 Å². The van der Waals surface area contributed by atoms with E-state index in [0.717, 1.165) is 12.8 Å². The zero-order chi connectivity index (χ0) is 13.3. The highest BCUT2D eigenvalue weighted by atomic mass is 16.6. The van der Waals surface area contributed by atoms with Gasteiger partial charge < -0.3 is 19.9 Å². The number of ether oxygens (including phenoxy) is 2. The summed E-state index contributed by atoms with van der Waals surface area (Å²) in [4.78, 5) is 11.7. The quantitative estimate of drug-likeness (QED) is 0.743. The maximum absolute atomic E-state index is 11.7. The van der Waals surface area contributed by atoms with Crippen molar-refractivity contribution >= 4 is 6.09 Å². The molecule has 1 amide bonds. The molecule has 2 atom stereocenters. The fourth-order valence-electron chi connectivity index (χ4n) is 2.79. The number of aliphatic hydroxyl groups is 1. The van der Waals surface area contributed by atoms with Gasteiger partial charge in [0.15, 0.2) is 0 Å². The average Bonchev–Trinajstić information content (AvgIpc) is 2.16. The number of hydrogen-bond donors (Lipinski definition) is 2. The van der Waals surface area contributed by atoms with Crippen LogP contribution in [0.4, 0.5) is 4.79 Å². The number of amides is 1. The Morgan fingerprint density at radius 2 is 1.83 bits per heavy atom. The van der Waals surface area contributed by atoms with Gasteiger partial charge in [-0.25, -0.2) is 4.79 Å². The van der Waals surface area contributed by atoms with Crippen LogP contribution in [0.15, 0.2) is 0 Å². The first kappa shape index (κ1) is 13.6. The van der Waals surface area contributed by atoms with Crippen LogP contribution < -0.4 is 5.32 Å². The predicted molar refractivity (Wildman–Crippen MR) is 66.2 cm³/mol. The van der Waals surface area contributed by atoms with Gasteiger partial charge in [0.1, 0.15) is 5.60 Å². The molecule has 5 heteroatoms. The zero-order valence-corrected chi connectivity index (χ0v) is 11.3. The second-order valence-electron chi connectivity index (χ2n) is 6.36. The SMILES string of the molecule is CC(C)(C)OC(=O)NC1CC2COCC(C1)C2O. The molecular weight excluding hydrogens is 234 g/mol. The van der Waals surface area contributed by atoms with Gasteiger partial charge in [-0.1, -0.05) is 0 Å². The molecule has 5 nitrogen and oxygen atoms in total. The highest BCUT2D eigenvalue weighted by molar-refractivity contribution is 5.68. The van der Waals surface area contributed by atoms with E-state index >= 15 is 0 Å². The van der Waals surface area contributed by atoms with Crippen LogP contribution >= 0.6 is 0 Å². The van der Waals surface area contributed by atoms with Crippen molar-refractivity contribution in [2.24, 2.45) is 11.8 Å². The standard InChI is InChI=1S/C13H23NO4/c1-13(2,3)18-12(16)14-10-4-8-6-17-7-9(5-10)11(8)15/h8-11,15H,4-7H2,1-3H3,(H,14,16). The molecule has 18 heavy (non-hydrogen) atoms. The van der Waals surface area contributed by atoms with Crippen molar-refractivity contribution in [1.29, 1.82) is 0 Å². The van der Waals surface area contributed by atoms with E-state index in [0.29, 0.717) is 13.2 Å². The number of rotatable bonds is 1. The summed E-state index contributed by atoms with van der Waals surface area (Å²) in [6.07, 6.45) is 0.867. The molecule has 2 aliphatic rings. The van der Waals surface area contributed by atoms with Crippen molar-refractivity contribution < 1.29 is 19.4 Å². The Kier molecular flexibility index (Phi) is 3.82. The summed E-state index contributed by atoms with van der Waals surface area (Å²) in [6, 6.07) is 0.0853. The molecular formula is C13H23NO4. The molecule has 1 saturated carbocycles. The first-order valence-corrected chi connectivity index (χ1v) is 6.60. The third-order valence-corrected chi connectivity index (χ3v) is 3.53. The molecule has 0 aromatic carbocycles. The lowest BCUT2D eigenvalue weighted by Crippen LogP contribution is -2.52. The van der Waals surface area contributed by atoms with E-state index in [9.17, 15) is 9.90 Å². The van der Waals surface area contributed by atoms with Crippen molar-refractivity contribution in [3.8, 4) is 0 Å². The summed E-state index contributed by atoms with van der Waals surface area (Å²) < 4.78 is 10.7. The first-order chi connectivity index (χ1) is 8.35. The smallest absolute Gasteiger partial charge is 0.407 e. The molecule has 1 aliphatic heterocycles. The maximum Gasteiger partial charge on any atom is 0.407 e. The van der Waals surface area contributed by atoms with Crippen molar-refractivity contribution in [3.05, 3.63) is 0 Å². The Hall–Kier alpha value is -0.810. The number of carbonyl (C=O) groups excluding carboxylic acids is 1. The van der Waals surface area contributed by atoms with Gasteiger partial charge in [0.25, 0.3) is 0 Å². The van der Waals surface area contributed by atoms with Gasteiger partial charge in [-0.05, 0) is 33.6 Å². The van der Waals surface area contributed by atoms with E-state index < -0.39 is 5.60 Å². The van der Waals surface area contributed by atoms with Crippen molar-refractivity contribution in [2.45, 2.75) is 51.4 Å². The van der Waals surface area contributed by atoms with Crippen LogP contribution in [0.25, 0.3) is 0 Å². The summed E-state index contributed by atoms with van der Waals surface area (Å²) >= 11 is 0. The average molecular weight is 257 g/mol. The molecule has 2 N–H and O–H groups in total. The van der Waals surface area contributed by atoms with E-state index in [2.05, 4.69) is 5.32 Å². The van der Waals surface area contributed by atoms with Crippen LogP contribution in [0.2, 0.25) is 0 Å². The minimum atomic E-state index is -0.475. The van der Waals surface area contributed by atoms with Crippen molar-refractivity contribution in [3.63, 3.8) is 0 Å². The largest absolute Gasteiger partial charge is 0.444 e. The molecule has 1 aliphatic carbocycles. The molecule has 2 unspecified atom stereocenters. The third kappa shape index (κ3) is 3.36. The van der Waals surface area contributed by atoms with Gasteiger partial charge in [-0.3, -0.25) is 0 Å². The molecule has 0 aromatic heterocycles. The summed E-state index contributed by atoms with van der Waals surface area (Å²) in [5, 5.41) is 12.9. The zero-order valence-electron chi connectivity index (χ0n) is 11.3. The van der Waals surface area contributed by atoms with Crippen LogP contribution in [-0.2, 0) is 9.47 Å². The number of alkyl carbamates (subject to hydrolysis) is 1. The molecule has 2 rings (SSSR count). The fraction of sp³-hybridized carbons (Fsp3) is 0.923. The Labute approximate surface area is 108 Å². The van der Waals surface area contributed by atoms with E-state index in [1.807, 2.05) is 20.8 Å². The van der Waals surface area contributed by atoms with E-state index in [4.69, 9.17) is 9.47 Å². The van der Waals surface area contributed by atoms with E-state index in [-0.39, 0.29) is 30.1 Å². The highest BCUT2D eigenvalue weighted by Gasteiger charge is 2.40. The minimum Gasteiger partial charge on any atom is -0.444 e. The summed E-state index contributed by atoms with van der Waals surface area (Å²) in [7, 11) is 0. The molecule has 1 heterocycles. The topological polar surface area (TPSA) is 67.8 Å². The van der Waals surface area contributed by atoms with E-state index in [1.54, 1.807) is 0 Å². The van der Waals surface area contributed by atoms with Crippen LogP contribution in [0.3, 0.4) is 0 Å². The van der Waals surface area contributed by atoms with Crippen LogP contribution in [0.5, 0.6) is 0 Å². The van der Waals surface area contributed by atoms with Crippen molar-refractivity contribution in [2.75, 3.05) is 13.2 Å². The molecule has 2 bridgehead atoms. The predicted octanol–water partition coefficient (Wildman–Crippen LogP) is 1.30. The second kappa shape index (κ2) is 5.05. The lowest BCUT2D eigenvalue weighted by molar-refractivity contribution is -0.109. The summed E-state index contributed by atoms with van der Waals surface area (Å²) in [5.74, 6) is 0.273. The first-order valence-electron chi connectivity index (χ1n) is 6.60. The molecule has 1 saturated heterocycles. The molecule has 0 spiro atoms.